The molecule has 0 aliphatic carbocycles. The number of hydrogen-bond donors (Lipinski definition) is 1. The molecule has 1 aliphatic rings. The number of aromatic nitrogens is 2. The zero-order chi connectivity index (χ0) is 16.9. The van der Waals surface area contributed by atoms with Crippen LogP contribution in [-0.4, -0.2) is 40.4 Å². The summed E-state index contributed by atoms with van der Waals surface area (Å²) >= 11 is 1.57. The summed E-state index contributed by atoms with van der Waals surface area (Å²) < 4.78 is 0. The van der Waals surface area contributed by atoms with Crippen LogP contribution in [-0.2, 0) is 4.79 Å². The number of rotatable bonds is 5. The molecular formula is C18H24N4OS. The number of carbonyl (C=O) groups excluding carboxylic acids is 1. The van der Waals surface area contributed by atoms with Crippen LogP contribution in [0.25, 0.3) is 11.3 Å². The number of hydrogen-bond acceptors (Lipinski definition) is 5. The smallest absolute Gasteiger partial charge is 0.234 e. The Morgan fingerprint density at radius 2 is 2.25 bits per heavy atom. The van der Waals surface area contributed by atoms with Gasteiger partial charge in [0.2, 0.25) is 5.91 Å². The Hall–Kier alpha value is -1.79. The van der Waals surface area contributed by atoms with E-state index in [-0.39, 0.29) is 11.9 Å². The van der Waals surface area contributed by atoms with Crippen molar-refractivity contribution in [2.24, 2.45) is 5.92 Å². The van der Waals surface area contributed by atoms with E-state index >= 15 is 0 Å². The molecule has 2 aromatic rings. The van der Waals surface area contributed by atoms with E-state index in [9.17, 15) is 4.79 Å². The number of nitrogens with one attached hydrogen (secondary N) is 1. The van der Waals surface area contributed by atoms with Gasteiger partial charge in [-0.1, -0.05) is 6.92 Å². The number of amides is 1. The molecule has 1 fully saturated rings. The first-order chi connectivity index (χ1) is 11.6. The van der Waals surface area contributed by atoms with Crippen LogP contribution in [0.4, 0.5) is 0 Å². The molecule has 24 heavy (non-hydrogen) atoms. The highest BCUT2D eigenvalue weighted by molar-refractivity contribution is 7.10. The second-order valence-corrected chi connectivity index (χ2v) is 7.45. The van der Waals surface area contributed by atoms with Crippen molar-refractivity contribution >= 4 is 17.2 Å². The summed E-state index contributed by atoms with van der Waals surface area (Å²) in [6, 6.07) is 3.82. The SMILES string of the molecule is CC1CCN(CC(=O)N[C@@H](C)c2nc(-c3cccnc3)cs2)CC1. The minimum absolute atomic E-state index is 0.0726. The predicted molar refractivity (Wildman–Crippen MR) is 96.7 cm³/mol. The zero-order valence-electron chi connectivity index (χ0n) is 14.2. The van der Waals surface area contributed by atoms with E-state index in [0.717, 1.165) is 35.3 Å². The number of nitrogens with zero attached hydrogens (tertiary/aromatic N) is 3. The van der Waals surface area contributed by atoms with Crippen molar-refractivity contribution in [3.63, 3.8) is 0 Å². The van der Waals surface area contributed by atoms with Crippen LogP contribution in [0, 0.1) is 5.92 Å². The first-order valence-corrected chi connectivity index (χ1v) is 9.37. The minimum Gasteiger partial charge on any atom is -0.346 e. The lowest BCUT2D eigenvalue weighted by molar-refractivity contribution is -0.123. The van der Waals surface area contributed by atoms with Crippen molar-refractivity contribution in [2.45, 2.75) is 32.7 Å². The van der Waals surface area contributed by atoms with Gasteiger partial charge in [0.05, 0.1) is 18.3 Å². The molecule has 6 heteroatoms. The van der Waals surface area contributed by atoms with Crippen LogP contribution in [0.2, 0.25) is 0 Å². The molecule has 1 amide bonds. The second-order valence-electron chi connectivity index (χ2n) is 6.56. The summed E-state index contributed by atoms with van der Waals surface area (Å²) in [4.78, 5) is 23.3. The molecule has 0 saturated carbocycles. The maximum atomic E-state index is 12.3. The first-order valence-electron chi connectivity index (χ1n) is 8.49. The third kappa shape index (κ3) is 4.39. The molecule has 5 nitrogen and oxygen atoms in total. The quantitative estimate of drug-likeness (QED) is 0.905. The van der Waals surface area contributed by atoms with Gasteiger partial charge in [-0.15, -0.1) is 11.3 Å². The van der Waals surface area contributed by atoms with Gasteiger partial charge >= 0.3 is 0 Å². The van der Waals surface area contributed by atoms with Gasteiger partial charge in [-0.25, -0.2) is 4.98 Å². The summed E-state index contributed by atoms with van der Waals surface area (Å²) in [5.41, 5.74) is 1.91. The maximum Gasteiger partial charge on any atom is 0.234 e. The highest BCUT2D eigenvalue weighted by atomic mass is 32.1. The standard InChI is InChI=1S/C18H24N4OS/c1-13-5-8-22(9-6-13)11-17(23)20-14(2)18-21-16(12-24-18)15-4-3-7-19-10-15/h3-4,7,10,12-14H,5-6,8-9,11H2,1-2H3,(H,20,23)/t14-/m0/s1. The van der Waals surface area contributed by atoms with E-state index in [4.69, 9.17) is 0 Å². The van der Waals surface area contributed by atoms with Crippen LogP contribution in [0.5, 0.6) is 0 Å². The minimum atomic E-state index is -0.0726. The van der Waals surface area contributed by atoms with Crippen molar-refractivity contribution in [3.05, 3.63) is 34.9 Å². The maximum absolute atomic E-state index is 12.3. The van der Waals surface area contributed by atoms with E-state index in [2.05, 4.69) is 27.1 Å². The second kappa shape index (κ2) is 7.85. The third-order valence-corrected chi connectivity index (χ3v) is 5.50. The molecule has 0 unspecified atom stereocenters. The molecule has 1 N–H and O–H groups in total. The zero-order valence-corrected chi connectivity index (χ0v) is 15.1. The number of piperidine rings is 1. The molecule has 128 valence electrons. The average molecular weight is 344 g/mol. The molecule has 0 aromatic carbocycles. The van der Waals surface area contributed by atoms with Gasteiger partial charge in [0.1, 0.15) is 5.01 Å². The van der Waals surface area contributed by atoms with Crippen LogP contribution in [0.3, 0.4) is 0 Å². The number of carbonyl (C=O) groups is 1. The predicted octanol–water partition coefficient (Wildman–Crippen LogP) is 3.11. The Morgan fingerprint density at radius 3 is 2.96 bits per heavy atom. The number of likely N-dealkylation sites (tertiary alicyclic amines) is 1. The fourth-order valence-electron chi connectivity index (χ4n) is 2.91. The Kier molecular flexibility index (Phi) is 5.58. The molecule has 0 spiro atoms. The summed E-state index contributed by atoms with van der Waals surface area (Å²) in [6.45, 7) is 6.79. The molecule has 1 saturated heterocycles. The summed E-state index contributed by atoms with van der Waals surface area (Å²) in [5.74, 6) is 0.861. The third-order valence-electron chi connectivity index (χ3n) is 4.47. The summed E-state index contributed by atoms with van der Waals surface area (Å²) in [5, 5.41) is 6.01. The highest BCUT2D eigenvalue weighted by Gasteiger charge is 2.20. The summed E-state index contributed by atoms with van der Waals surface area (Å²) in [7, 11) is 0. The fraction of sp³-hybridized carbons (Fsp3) is 0.500. The molecule has 1 atom stereocenters. The topological polar surface area (TPSA) is 58.1 Å². The van der Waals surface area contributed by atoms with Gasteiger partial charge in [-0.2, -0.15) is 0 Å². The lowest BCUT2D eigenvalue weighted by Gasteiger charge is -2.29. The van der Waals surface area contributed by atoms with Gasteiger partial charge in [-0.3, -0.25) is 14.7 Å². The number of pyridine rings is 1. The molecule has 3 rings (SSSR count). The summed E-state index contributed by atoms with van der Waals surface area (Å²) in [6.07, 6.45) is 5.92. The Labute approximate surface area is 147 Å². The molecule has 0 bridgehead atoms. The van der Waals surface area contributed by atoms with Crippen molar-refractivity contribution in [3.8, 4) is 11.3 Å². The average Bonchev–Trinajstić information content (AvgIpc) is 3.08. The van der Waals surface area contributed by atoms with Crippen molar-refractivity contribution in [2.75, 3.05) is 19.6 Å². The van der Waals surface area contributed by atoms with Gasteiger partial charge in [-0.05, 0) is 50.9 Å². The van der Waals surface area contributed by atoms with Gasteiger partial charge in [0.15, 0.2) is 0 Å². The molecule has 3 heterocycles. The number of thiazole rings is 1. The lowest BCUT2D eigenvalue weighted by atomic mass is 9.99. The van der Waals surface area contributed by atoms with Crippen molar-refractivity contribution in [1.82, 2.24) is 20.2 Å². The molecular weight excluding hydrogens is 320 g/mol. The van der Waals surface area contributed by atoms with Crippen LogP contribution in [0.1, 0.15) is 37.7 Å². The fourth-order valence-corrected chi connectivity index (χ4v) is 3.74. The monoisotopic (exact) mass is 344 g/mol. The normalized spacial score (nSPS) is 17.6. The van der Waals surface area contributed by atoms with Gasteiger partial charge in [0.25, 0.3) is 0 Å². The van der Waals surface area contributed by atoms with E-state index in [0.29, 0.717) is 6.54 Å². The van der Waals surface area contributed by atoms with Crippen molar-refractivity contribution in [1.29, 1.82) is 0 Å². The first kappa shape index (κ1) is 17.0. The van der Waals surface area contributed by atoms with Crippen LogP contribution >= 0.6 is 11.3 Å². The Morgan fingerprint density at radius 1 is 1.46 bits per heavy atom. The van der Waals surface area contributed by atoms with E-state index in [1.807, 2.05) is 24.4 Å². The van der Waals surface area contributed by atoms with E-state index < -0.39 is 0 Å². The van der Waals surface area contributed by atoms with Crippen molar-refractivity contribution < 1.29 is 4.79 Å². The lowest BCUT2D eigenvalue weighted by Crippen LogP contribution is -2.41. The van der Waals surface area contributed by atoms with E-state index in [1.54, 1.807) is 23.7 Å². The Balaban J connectivity index is 1.54. The van der Waals surface area contributed by atoms with Gasteiger partial charge in [0, 0.05) is 23.3 Å². The molecule has 0 radical (unpaired) electrons. The van der Waals surface area contributed by atoms with Gasteiger partial charge < -0.3 is 5.32 Å². The Bertz CT molecular complexity index is 665. The molecule has 1 aliphatic heterocycles. The molecule has 2 aromatic heterocycles. The highest BCUT2D eigenvalue weighted by Crippen LogP contribution is 2.24. The van der Waals surface area contributed by atoms with E-state index in [1.165, 1.54) is 12.8 Å². The van der Waals surface area contributed by atoms with Crippen LogP contribution in [0.15, 0.2) is 29.9 Å². The van der Waals surface area contributed by atoms with Crippen LogP contribution < -0.4 is 5.32 Å². The largest absolute Gasteiger partial charge is 0.346 e.